The minimum Gasteiger partial charge on any atom is -0.508 e. The van der Waals surface area contributed by atoms with Crippen molar-refractivity contribution in [2.75, 3.05) is 19.6 Å². The van der Waals surface area contributed by atoms with Crippen molar-refractivity contribution in [1.29, 1.82) is 0 Å². The molecule has 0 aliphatic heterocycles. The van der Waals surface area contributed by atoms with E-state index >= 15 is 0 Å². The van der Waals surface area contributed by atoms with Gasteiger partial charge in [-0.3, -0.25) is 0 Å². The zero-order valence-corrected chi connectivity index (χ0v) is 21.2. The number of hydrogen-bond donors (Lipinski definition) is 5. The number of unbranched alkanes of at least 4 members (excludes halogenated alkanes) is 3. The molecule has 1 unspecified atom stereocenters. The van der Waals surface area contributed by atoms with Crippen LogP contribution >= 0.6 is 0 Å². The molecule has 0 saturated heterocycles. The molecule has 5 N–H and O–H groups in total. The van der Waals surface area contributed by atoms with Crippen molar-refractivity contribution in [2.24, 2.45) is 0 Å². The number of aryl methyl sites for hydroxylation is 2. The van der Waals surface area contributed by atoms with Crippen LogP contribution in [0.2, 0.25) is 0 Å². The average Bonchev–Trinajstić information content (AvgIpc) is 3.30. The number of hydrogen-bond acceptors (Lipinski definition) is 5. The number of phenols is 3. The first-order chi connectivity index (χ1) is 17.6. The summed E-state index contributed by atoms with van der Waals surface area (Å²) >= 11 is 0. The number of aromatic hydroxyl groups is 3. The summed E-state index contributed by atoms with van der Waals surface area (Å²) in [5.74, 6) is 0.138. The minimum atomic E-state index is -0.0794. The molecule has 0 amide bonds. The number of benzene rings is 3. The van der Waals surface area contributed by atoms with Crippen molar-refractivity contribution in [1.82, 2.24) is 10.6 Å². The van der Waals surface area contributed by atoms with Crippen LogP contribution in [0.1, 0.15) is 66.0 Å². The Kier molecular flexibility index (Phi) is 9.65. The summed E-state index contributed by atoms with van der Waals surface area (Å²) in [5, 5.41) is 37.4. The maximum Gasteiger partial charge on any atom is 0.160 e. The third-order valence-corrected chi connectivity index (χ3v) is 7.31. The quantitative estimate of drug-likeness (QED) is 0.152. The second-order valence-corrected chi connectivity index (χ2v) is 9.90. The van der Waals surface area contributed by atoms with E-state index in [1.807, 2.05) is 18.2 Å². The maximum absolute atomic E-state index is 10.4. The Labute approximate surface area is 215 Å². The van der Waals surface area contributed by atoms with E-state index in [2.05, 4.69) is 34.9 Å². The van der Waals surface area contributed by atoms with E-state index in [1.54, 1.807) is 18.2 Å². The van der Waals surface area contributed by atoms with Crippen LogP contribution in [0.15, 0.2) is 60.7 Å². The third kappa shape index (κ3) is 7.25. The van der Waals surface area contributed by atoms with Crippen molar-refractivity contribution in [3.05, 3.63) is 88.5 Å². The summed E-state index contributed by atoms with van der Waals surface area (Å²) in [5.41, 5.74) is 5.85. The molecule has 0 heterocycles. The normalized spacial score (nSPS) is 14.7. The van der Waals surface area contributed by atoms with Gasteiger partial charge in [-0.1, -0.05) is 55.3 Å². The molecule has 0 spiro atoms. The van der Waals surface area contributed by atoms with Crippen molar-refractivity contribution >= 4 is 0 Å². The molecule has 1 atom stereocenters. The average molecular weight is 489 g/mol. The largest absolute Gasteiger partial charge is 0.508 e. The van der Waals surface area contributed by atoms with Gasteiger partial charge < -0.3 is 26.0 Å². The molecule has 0 fully saturated rings. The van der Waals surface area contributed by atoms with Gasteiger partial charge in [0, 0.05) is 11.6 Å². The van der Waals surface area contributed by atoms with Gasteiger partial charge in [0.15, 0.2) is 11.5 Å². The highest BCUT2D eigenvalue weighted by molar-refractivity contribution is 5.49. The topological polar surface area (TPSA) is 84.8 Å². The van der Waals surface area contributed by atoms with Crippen LogP contribution in [0.3, 0.4) is 0 Å². The predicted molar refractivity (Wildman–Crippen MR) is 146 cm³/mol. The maximum atomic E-state index is 10.4. The molecule has 0 saturated carbocycles. The molecule has 4 rings (SSSR count). The summed E-state index contributed by atoms with van der Waals surface area (Å²) in [6, 6.07) is 20.0. The molecule has 1 aliphatic carbocycles. The molecule has 192 valence electrons. The van der Waals surface area contributed by atoms with Crippen LogP contribution in [-0.2, 0) is 25.7 Å². The van der Waals surface area contributed by atoms with Gasteiger partial charge in [-0.25, -0.2) is 0 Å². The smallest absolute Gasteiger partial charge is 0.160 e. The highest BCUT2D eigenvalue weighted by Gasteiger charge is 2.20. The van der Waals surface area contributed by atoms with Gasteiger partial charge in [-0.15, -0.1) is 0 Å². The van der Waals surface area contributed by atoms with Crippen LogP contribution in [-0.4, -0.2) is 35.0 Å². The van der Waals surface area contributed by atoms with Crippen molar-refractivity contribution < 1.29 is 15.3 Å². The molecular formula is C31H40N2O3. The Hall–Kier alpha value is -3.02. The first kappa shape index (κ1) is 26.1. The number of rotatable bonds is 14. The Bertz CT molecular complexity index is 1110. The lowest BCUT2D eigenvalue weighted by atomic mass is 9.96. The fraction of sp³-hybridized carbons (Fsp3) is 0.419. The lowest BCUT2D eigenvalue weighted by molar-refractivity contribution is 0.398. The van der Waals surface area contributed by atoms with Crippen LogP contribution < -0.4 is 10.6 Å². The van der Waals surface area contributed by atoms with Crippen LogP contribution in [0.5, 0.6) is 17.2 Å². The van der Waals surface area contributed by atoms with Gasteiger partial charge in [0.25, 0.3) is 0 Å². The van der Waals surface area contributed by atoms with Gasteiger partial charge in [0.05, 0.1) is 0 Å². The van der Waals surface area contributed by atoms with E-state index < -0.39 is 0 Å². The van der Waals surface area contributed by atoms with Gasteiger partial charge in [0.2, 0.25) is 0 Å². The van der Waals surface area contributed by atoms with E-state index in [9.17, 15) is 15.3 Å². The van der Waals surface area contributed by atoms with E-state index in [0.717, 1.165) is 49.2 Å². The molecule has 5 heteroatoms. The number of nitrogens with one attached hydrogen (secondary N) is 2. The second kappa shape index (κ2) is 13.3. The Morgan fingerprint density at radius 2 is 1.58 bits per heavy atom. The van der Waals surface area contributed by atoms with E-state index in [1.165, 1.54) is 43.2 Å². The molecule has 0 radical (unpaired) electrons. The summed E-state index contributed by atoms with van der Waals surface area (Å²) in [7, 11) is 0. The fourth-order valence-electron chi connectivity index (χ4n) is 5.28. The van der Waals surface area contributed by atoms with E-state index in [0.29, 0.717) is 18.9 Å². The lowest BCUT2D eigenvalue weighted by Gasteiger charge is -2.14. The summed E-state index contributed by atoms with van der Waals surface area (Å²) < 4.78 is 0. The summed E-state index contributed by atoms with van der Waals surface area (Å²) in [6.45, 7) is 2.92. The van der Waals surface area contributed by atoms with Gasteiger partial charge in [-0.05, 0) is 105 Å². The SMILES string of the molecule is Oc1cccc(CCc2c(CCNCCCCCCNC3CCc4ccccc43)ccc(O)c2O)c1. The summed E-state index contributed by atoms with van der Waals surface area (Å²) in [6.07, 6.45) is 9.37. The number of fused-ring (bicyclic) bond motifs is 1. The fourth-order valence-corrected chi connectivity index (χ4v) is 5.28. The zero-order chi connectivity index (χ0) is 25.2. The van der Waals surface area contributed by atoms with Crippen molar-refractivity contribution in [2.45, 2.75) is 63.8 Å². The Balaban J connectivity index is 1.10. The molecule has 0 bridgehead atoms. The minimum absolute atomic E-state index is 0.0256. The zero-order valence-electron chi connectivity index (χ0n) is 21.2. The molecule has 5 nitrogen and oxygen atoms in total. The number of phenolic OH excluding ortho intramolecular Hbond substituents is 3. The van der Waals surface area contributed by atoms with Crippen molar-refractivity contribution in [3.63, 3.8) is 0 Å². The van der Waals surface area contributed by atoms with Crippen LogP contribution in [0.4, 0.5) is 0 Å². The van der Waals surface area contributed by atoms with Crippen LogP contribution in [0.25, 0.3) is 0 Å². The first-order valence-corrected chi connectivity index (χ1v) is 13.4. The van der Waals surface area contributed by atoms with E-state index in [-0.39, 0.29) is 17.2 Å². The predicted octanol–water partition coefficient (Wildman–Crippen LogP) is 5.56. The highest BCUT2D eigenvalue weighted by atomic mass is 16.3. The molecule has 3 aromatic rings. The van der Waals surface area contributed by atoms with Crippen LogP contribution in [0, 0.1) is 0 Å². The first-order valence-electron chi connectivity index (χ1n) is 13.4. The Morgan fingerprint density at radius 1 is 0.750 bits per heavy atom. The highest BCUT2D eigenvalue weighted by Crippen LogP contribution is 2.33. The van der Waals surface area contributed by atoms with Gasteiger partial charge >= 0.3 is 0 Å². The lowest BCUT2D eigenvalue weighted by Crippen LogP contribution is -2.21. The molecular weight excluding hydrogens is 448 g/mol. The third-order valence-electron chi connectivity index (χ3n) is 7.31. The molecule has 36 heavy (non-hydrogen) atoms. The van der Waals surface area contributed by atoms with E-state index in [4.69, 9.17) is 0 Å². The standard InChI is InChI=1S/C31H40N2O3/c34-26-10-7-8-23(22-26)12-15-28-25(14-17-30(35)31(28)36)18-21-32-19-5-1-2-6-20-33-29-16-13-24-9-3-4-11-27(24)29/h3-4,7-11,14,17,22,29,32-36H,1-2,5-6,12-13,15-16,18-21H2. The van der Waals surface area contributed by atoms with Crippen molar-refractivity contribution in [3.8, 4) is 17.2 Å². The van der Waals surface area contributed by atoms with Gasteiger partial charge in [0.1, 0.15) is 5.75 Å². The summed E-state index contributed by atoms with van der Waals surface area (Å²) in [4.78, 5) is 0. The monoisotopic (exact) mass is 488 g/mol. The molecule has 3 aromatic carbocycles. The Morgan fingerprint density at radius 3 is 2.44 bits per heavy atom. The second-order valence-electron chi connectivity index (χ2n) is 9.90. The molecule has 0 aromatic heterocycles. The van der Waals surface area contributed by atoms with Gasteiger partial charge in [-0.2, -0.15) is 0 Å². The molecule has 1 aliphatic rings.